The maximum absolute atomic E-state index is 2.37. The normalized spacial score (nSPS) is 25.3. The van der Waals surface area contributed by atoms with Crippen molar-refractivity contribution in [3.05, 3.63) is 45.9 Å². The van der Waals surface area contributed by atoms with E-state index in [1.807, 2.05) is 11.8 Å². The van der Waals surface area contributed by atoms with Crippen molar-refractivity contribution in [1.29, 1.82) is 0 Å². The second-order valence-corrected chi connectivity index (χ2v) is 4.56. The molecule has 3 aliphatic rings. The summed E-state index contributed by atoms with van der Waals surface area (Å²) >= 11 is 2.04. The van der Waals surface area contributed by atoms with Crippen molar-refractivity contribution in [3.63, 3.8) is 0 Å². The lowest BCUT2D eigenvalue weighted by Gasteiger charge is -2.13. The van der Waals surface area contributed by atoms with Gasteiger partial charge in [-0.05, 0) is 28.0 Å². The molecule has 0 aromatic rings. The van der Waals surface area contributed by atoms with E-state index in [-0.39, 0.29) is 0 Å². The van der Waals surface area contributed by atoms with Crippen LogP contribution in [0.1, 0.15) is 12.8 Å². The maximum atomic E-state index is 2.37. The lowest BCUT2D eigenvalue weighted by Crippen LogP contribution is -1.93. The van der Waals surface area contributed by atoms with Crippen LogP contribution in [0.25, 0.3) is 0 Å². The quantitative estimate of drug-likeness (QED) is 0.543. The summed E-state index contributed by atoms with van der Waals surface area (Å²) in [6.07, 6.45) is 11.5. The fourth-order valence-electron chi connectivity index (χ4n) is 1.97. The standard InChI is InChI=1S/C11H10S/c1-2-8-6-10-4-5-12-11(10)7-9(8)3-1/h1-3,6H,4-5,7H2. The van der Waals surface area contributed by atoms with Gasteiger partial charge in [0.25, 0.3) is 0 Å². The van der Waals surface area contributed by atoms with Gasteiger partial charge in [0, 0.05) is 12.2 Å². The van der Waals surface area contributed by atoms with E-state index in [4.69, 9.17) is 0 Å². The second-order valence-electron chi connectivity index (χ2n) is 3.37. The monoisotopic (exact) mass is 174 g/mol. The Morgan fingerprint density at radius 3 is 3.33 bits per heavy atom. The molecule has 0 amide bonds. The molecule has 3 rings (SSSR count). The molecule has 60 valence electrons. The van der Waals surface area contributed by atoms with Gasteiger partial charge >= 0.3 is 0 Å². The SMILES string of the molecule is C1=CC2=CC3=C(CC2=C1)SCC3. The molecule has 0 N–H and O–H groups in total. The molecule has 0 saturated heterocycles. The van der Waals surface area contributed by atoms with Crippen LogP contribution in [0.5, 0.6) is 0 Å². The Hall–Kier alpha value is -0.690. The molecular weight excluding hydrogens is 164 g/mol. The Balaban J connectivity index is 2.08. The number of rotatable bonds is 0. The summed E-state index contributed by atoms with van der Waals surface area (Å²) < 4.78 is 0. The smallest absolute Gasteiger partial charge is 0.00431 e. The van der Waals surface area contributed by atoms with Gasteiger partial charge in [0.2, 0.25) is 0 Å². The molecule has 0 aromatic heterocycles. The lowest BCUT2D eigenvalue weighted by molar-refractivity contribution is 1.11. The Kier molecular flexibility index (Phi) is 1.36. The van der Waals surface area contributed by atoms with Crippen molar-refractivity contribution >= 4 is 11.8 Å². The molecule has 1 heteroatoms. The zero-order valence-electron chi connectivity index (χ0n) is 6.84. The fourth-order valence-corrected chi connectivity index (χ4v) is 3.14. The average Bonchev–Trinajstić information content (AvgIpc) is 2.64. The molecule has 0 nitrogen and oxygen atoms in total. The molecular formula is C11H10S. The van der Waals surface area contributed by atoms with Crippen LogP contribution in [0.3, 0.4) is 0 Å². The number of thioether (sulfide) groups is 1. The van der Waals surface area contributed by atoms with Crippen LogP contribution in [0.2, 0.25) is 0 Å². The zero-order valence-corrected chi connectivity index (χ0v) is 7.66. The Labute approximate surface area is 76.7 Å². The highest BCUT2D eigenvalue weighted by atomic mass is 32.2. The molecule has 0 aromatic carbocycles. The van der Waals surface area contributed by atoms with Crippen molar-refractivity contribution < 1.29 is 0 Å². The van der Waals surface area contributed by atoms with Gasteiger partial charge in [-0.25, -0.2) is 0 Å². The highest BCUT2D eigenvalue weighted by Gasteiger charge is 2.21. The predicted octanol–water partition coefficient (Wildman–Crippen LogP) is 3.20. The minimum Gasteiger partial charge on any atom is -0.130 e. The molecule has 0 spiro atoms. The van der Waals surface area contributed by atoms with E-state index in [1.165, 1.54) is 29.7 Å². The molecule has 1 aliphatic heterocycles. The third kappa shape index (κ3) is 0.862. The van der Waals surface area contributed by atoms with Crippen LogP contribution in [0.4, 0.5) is 0 Å². The third-order valence-electron chi connectivity index (χ3n) is 2.63. The van der Waals surface area contributed by atoms with Crippen molar-refractivity contribution in [2.45, 2.75) is 12.8 Å². The molecule has 0 radical (unpaired) electrons. The van der Waals surface area contributed by atoms with E-state index >= 15 is 0 Å². The van der Waals surface area contributed by atoms with Gasteiger partial charge in [0.15, 0.2) is 0 Å². The summed E-state index contributed by atoms with van der Waals surface area (Å²) in [7, 11) is 0. The Morgan fingerprint density at radius 1 is 1.33 bits per heavy atom. The Bertz CT molecular complexity index is 353. The summed E-state index contributed by atoms with van der Waals surface area (Å²) in [5.41, 5.74) is 4.57. The molecule has 0 fully saturated rings. The molecule has 0 atom stereocenters. The molecule has 1 heterocycles. The molecule has 12 heavy (non-hydrogen) atoms. The van der Waals surface area contributed by atoms with Crippen LogP contribution in [-0.2, 0) is 0 Å². The number of hydrogen-bond donors (Lipinski definition) is 0. The molecule has 0 saturated carbocycles. The van der Waals surface area contributed by atoms with Crippen LogP contribution in [0, 0.1) is 0 Å². The first-order valence-corrected chi connectivity index (χ1v) is 5.36. The van der Waals surface area contributed by atoms with E-state index in [9.17, 15) is 0 Å². The van der Waals surface area contributed by atoms with Crippen LogP contribution in [0.15, 0.2) is 45.9 Å². The van der Waals surface area contributed by atoms with E-state index in [0.717, 1.165) is 0 Å². The van der Waals surface area contributed by atoms with Crippen molar-refractivity contribution in [2.24, 2.45) is 0 Å². The fraction of sp³-hybridized carbons (Fsp3) is 0.273. The van der Waals surface area contributed by atoms with Crippen molar-refractivity contribution in [1.82, 2.24) is 0 Å². The van der Waals surface area contributed by atoms with Gasteiger partial charge in [-0.2, -0.15) is 0 Å². The molecule has 0 bridgehead atoms. The van der Waals surface area contributed by atoms with Crippen LogP contribution < -0.4 is 0 Å². The lowest BCUT2D eigenvalue weighted by atomic mass is 9.95. The summed E-state index contributed by atoms with van der Waals surface area (Å²) in [5, 5.41) is 0. The highest BCUT2D eigenvalue weighted by molar-refractivity contribution is 8.03. The van der Waals surface area contributed by atoms with Gasteiger partial charge < -0.3 is 0 Å². The van der Waals surface area contributed by atoms with Crippen molar-refractivity contribution in [2.75, 3.05) is 5.75 Å². The van der Waals surface area contributed by atoms with E-state index in [2.05, 4.69) is 24.3 Å². The van der Waals surface area contributed by atoms with Gasteiger partial charge in [-0.15, -0.1) is 11.8 Å². The summed E-state index contributed by atoms with van der Waals surface area (Å²) in [5.74, 6) is 1.30. The zero-order chi connectivity index (χ0) is 7.97. The Morgan fingerprint density at radius 2 is 2.33 bits per heavy atom. The first kappa shape index (κ1) is 6.79. The molecule has 0 unspecified atom stereocenters. The summed E-state index contributed by atoms with van der Waals surface area (Å²) in [6, 6.07) is 0. The maximum Gasteiger partial charge on any atom is 0.00431 e. The van der Waals surface area contributed by atoms with Gasteiger partial charge in [-0.1, -0.05) is 24.3 Å². The van der Waals surface area contributed by atoms with E-state index in [1.54, 1.807) is 10.5 Å². The van der Waals surface area contributed by atoms with Gasteiger partial charge in [0.1, 0.15) is 0 Å². The first-order chi connectivity index (χ1) is 5.93. The van der Waals surface area contributed by atoms with Crippen LogP contribution >= 0.6 is 11.8 Å². The van der Waals surface area contributed by atoms with Crippen LogP contribution in [-0.4, -0.2) is 5.75 Å². The first-order valence-electron chi connectivity index (χ1n) is 4.37. The third-order valence-corrected chi connectivity index (χ3v) is 3.79. The predicted molar refractivity (Wildman–Crippen MR) is 54.0 cm³/mol. The highest BCUT2D eigenvalue weighted by Crippen LogP contribution is 2.43. The topological polar surface area (TPSA) is 0 Å². The number of fused-ring (bicyclic) bond motifs is 1. The minimum atomic E-state index is 1.19. The second kappa shape index (κ2) is 2.40. The average molecular weight is 174 g/mol. The number of hydrogen-bond acceptors (Lipinski definition) is 1. The largest absolute Gasteiger partial charge is 0.130 e. The van der Waals surface area contributed by atoms with E-state index in [0.29, 0.717) is 0 Å². The summed E-state index contributed by atoms with van der Waals surface area (Å²) in [6.45, 7) is 0. The number of allylic oxidation sites excluding steroid dienone is 8. The van der Waals surface area contributed by atoms with Gasteiger partial charge in [-0.3, -0.25) is 0 Å². The van der Waals surface area contributed by atoms with E-state index < -0.39 is 0 Å². The summed E-state index contributed by atoms with van der Waals surface area (Å²) in [4.78, 5) is 1.62. The van der Waals surface area contributed by atoms with Gasteiger partial charge in [0.05, 0.1) is 0 Å². The molecule has 2 aliphatic carbocycles. The minimum absolute atomic E-state index is 1.19. The van der Waals surface area contributed by atoms with Crippen molar-refractivity contribution in [3.8, 4) is 0 Å².